The molecule has 0 aliphatic heterocycles. The highest BCUT2D eigenvalue weighted by molar-refractivity contribution is 5.89. The molecule has 0 saturated carbocycles. The van der Waals surface area contributed by atoms with Gasteiger partial charge in [-0.25, -0.2) is 0 Å². The molecule has 5 nitrogen and oxygen atoms in total. The Morgan fingerprint density at radius 2 is 1.67 bits per heavy atom. The molecule has 0 bridgehead atoms. The largest absolute Gasteiger partial charge is 0.282 e. The molecule has 0 N–H and O–H groups in total. The van der Waals surface area contributed by atoms with Crippen molar-refractivity contribution in [1.82, 2.24) is 24.7 Å². The van der Waals surface area contributed by atoms with Gasteiger partial charge in [0.25, 0.3) is 0 Å². The summed E-state index contributed by atoms with van der Waals surface area (Å²) in [5.74, 6) is 0.757. The molecule has 0 fully saturated rings. The third-order valence-electron chi connectivity index (χ3n) is 3.32. The zero-order chi connectivity index (χ0) is 14.1. The Labute approximate surface area is 120 Å². The highest BCUT2D eigenvalue weighted by Crippen LogP contribution is 2.26. The van der Waals surface area contributed by atoms with Crippen molar-refractivity contribution >= 4 is 11.0 Å². The smallest absolute Gasteiger partial charge is 0.170 e. The van der Waals surface area contributed by atoms with Gasteiger partial charge in [-0.1, -0.05) is 24.3 Å². The number of aromatic nitrogens is 5. The molecule has 100 valence electrons. The van der Waals surface area contributed by atoms with Gasteiger partial charge in [0.15, 0.2) is 5.82 Å². The van der Waals surface area contributed by atoms with Crippen LogP contribution in [0, 0.1) is 0 Å². The zero-order valence-corrected chi connectivity index (χ0v) is 11.1. The first kappa shape index (κ1) is 11.7. The first-order chi connectivity index (χ1) is 10.4. The molecule has 0 unspecified atom stereocenters. The second-order valence-corrected chi connectivity index (χ2v) is 4.59. The van der Waals surface area contributed by atoms with Gasteiger partial charge in [0.1, 0.15) is 6.33 Å². The van der Waals surface area contributed by atoms with E-state index in [0.29, 0.717) is 0 Å². The van der Waals surface area contributed by atoms with E-state index in [4.69, 9.17) is 0 Å². The average molecular weight is 273 g/mol. The topological polar surface area (TPSA) is 56.5 Å². The van der Waals surface area contributed by atoms with Crippen LogP contribution in [0.3, 0.4) is 0 Å². The minimum absolute atomic E-state index is 0.757. The van der Waals surface area contributed by atoms with Crippen LogP contribution in [0.25, 0.3) is 28.1 Å². The Hall–Kier alpha value is -3.08. The van der Waals surface area contributed by atoms with E-state index in [1.807, 2.05) is 53.1 Å². The molecule has 0 aliphatic rings. The van der Waals surface area contributed by atoms with Crippen molar-refractivity contribution in [2.75, 3.05) is 0 Å². The molecule has 0 atom stereocenters. The summed E-state index contributed by atoms with van der Waals surface area (Å²) in [4.78, 5) is 8.76. The second kappa shape index (κ2) is 4.79. The average Bonchev–Trinajstić information content (AvgIpc) is 3.04. The number of nitrogens with zero attached hydrogens (tertiary/aromatic N) is 5. The molecule has 0 aliphatic carbocycles. The molecule has 0 radical (unpaired) electrons. The normalized spacial score (nSPS) is 10.9. The summed E-state index contributed by atoms with van der Waals surface area (Å²) in [5, 5.41) is 8.30. The highest BCUT2D eigenvalue weighted by Gasteiger charge is 2.12. The van der Waals surface area contributed by atoms with E-state index in [2.05, 4.69) is 20.2 Å². The molecule has 4 aromatic rings. The molecule has 5 heteroatoms. The van der Waals surface area contributed by atoms with Crippen LogP contribution in [0.15, 0.2) is 67.3 Å². The van der Waals surface area contributed by atoms with Crippen LogP contribution >= 0.6 is 0 Å². The number of hydrogen-bond acceptors (Lipinski definition) is 4. The van der Waals surface area contributed by atoms with E-state index in [1.165, 1.54) is 0 Å². The fraction of sp³-hybridized carbons (Fsp3) is 0. The second-order valence-electron chi connectivity index (χ2n) is 4.59. The van der Waals surface area contributed by atoms with Crippen molar-refractivity contribution in [3.63, 3.8) is 0 Å². The number of benzene rings is 2. The van der Waals surface area contributed by atoms with Gasteiger partial charge < -0.3 is 0 Å². The molecule has 2 heterocycles. The monoisotopic (exact) mass is 273 g/mol. The van der Waals surface area contributed by atoms with Gasteiger partial charge in [-0.15, -0.1) is 10.2 Å². The summed E-state index contributed by atoms with van der Waals surface area (Å²) < 4.78 is 1.95. The van der Waals surface area contributed by atoms with Gasteiger partial charge >= 0.3 is 0 Å². The lowest BCUT2D eigenvalue weighted by Crippen LogP contribution is -1.97. The third kappa shape index (κ3) is 1.95. The number of rotatable bonds is 2. The van der Waals surface area contributed by atoms with Crippen molar-refractivity contribution in [3.05, 3.63) is 67.3 Å². The molecule has 2 aromatic carbocycles. The van der Waals surface area contributed by atoms with Gasteiger partial charge in [0.2, 0.25) is 0 Å². The van der Waals surface area contributed by atoms with Gasteiger partial charge in [0, 0.05) is 23.6 Å². The summed E-state index contributed by atoms with van der Waals surface area (Å²) in [6.45, 7) is 0. The van der Waals surface area contributed by atoms with Crippen LogP contribution in [0.2, 0.25) is 0 Å². The lowest BCUT2D eigenvalue weighted by atomic mass is 10.1. The molecule has 0 spiro atoms. The molecule has 2 aromatic heterocycles. The Bertz CT molecular complexity index is 893. The van der Waals surface area contributed by atoms with Crippen molar-refractivity contribution < 1.29 is 0 Å². The Kier molecular flexibility index (Phi) is 2.67. The van der Waals surface area contributed by atoms with Crippen molar-refractivity contribution in [2.24, 2.45) is 0 Å². The third-order valence-corrected chi connectivity index (χ3v) is 3.32. The van der Waals surface area contributed by atoms with Gasteiger partial charge in [-0.05, 0) is 24.3 Å². The van der Waals surface area contributed by atoms with Crippen LogP contribution in [-0.2, 0) is 0 Å². The lowest BCUT2D eigenvalue weighted by Gasteiger charge is -2.08. The first-order valence-electron chi connectivity index (χ1n) is 6.59. The standard InChI is InChI=1S/C16H11N5/c1-2-5-12(6-3-1)21-11-19-20-16(21)13-7-4-8-14-15(13)18-10-9-17-14/h1-11H. The minimum atomic E-state index is 0.757. The maximum absolute atomic E-state index is 4.43. The predicted molar refractivity (Wildman–Crippen MR) is 79.9 cm³/mol. The maximum atomic E-state index is 4.43. The molecular weight excluding hydrogens is 262 g/mol. The lowest BCUT2D eigenvalue weighted by molar-refractivity contribution is 1.06. The van der Waals surface area contributed by atoms with Gasteiger partial charge in [-0.2, -0.15) is 0 Å². The minimum Gasteiger partial charge on any atom is -0.282 e. The Morgan fingerprint density at radius 1 is 0.810 bits per heavy atom. The number of fused-ring (bicyclic) bond motifs is 1. The molecule has 0 saturated heterocycles. The maximum Gasteiger partial charge on any atom is 0.170 e. The van der Waals surface area contributed by atoms with Crippen LogP contribution in [0.5, 0.6) is 0 Å². The van der Waals surface area contributed by atoms with Gasteiger partial charge in [0.05, 0.1) is 11.0 Å². The van der Waals surface area contributed by atoms with E-state index in [0.717, 1.165) is 28.1 Å². The van der Waals surface area contributed by atoms with Gasteiger partial charge in [-0.3, -0.25) is 14.5 Å². The van der Waals surface area contributed by atoms with E-state index in [1.54, 1.807) is 18.7 Å². The van der Waals surface area contributed by atoms with Crippen LogP contribution in [-0.4, -0.2) is 24.7 Å². The molecular formula is C16H11N5. The highest BCUT2D eigenvalue weighted by atomic mass is 15.3. The Morgan fingerprint density at radius 3 is 2.57 bits per heavy atom. The summed E-state index contributed by atoms with van der Waals surface area (Å²) >= 11 is 0. The van der Waals surface area contributed by atoms with Crippen LogP contribution < -0.4 is 0 Å². The summed E-state index contributed by atoms with van der Waals surface area (Å²) in [5.41, 5.74) is 3.60. The fourth-order valence-electron chi connectivity index (χ4n) is 2.37. The quantitative estimate of drug-likeness (QED) is 0.563. The summed E-state index contributed by atoms with van der Waals surface area (Å²) in [6.07, 6.45) is 5.09. The molecule has 21 heavy (non-hydrogen) atoms. The molecule has 0 amide bonds. The zero-order valence-electron chi connectivity index (χ0n) is 11.1. The van der Waals surface area contributed by atoms with E-state index >= 15 is 0 Å². The van der Waals surface area contributed by atoms with Crippen molar-refractivity contribution in [1.29, 1.82) is 0 Å². The number of para-hydroxylation sites is 2. The SMILES string of the molecule is c1ccc(-n2cnnc2-c2cccc3nccnc23)cc1. The van der Waals surface area contributed by atoms with Crippen LogP contribution in [0.1, 0.15) is 0 Å². The predicted octanol–water partition coefficient (Wildman–Crippen LogP) is 2.88. The van der Waals surface area contributed by atoms with Crippen molar-refractivity contribution in [2.45, 2.75) is 0 Å². The first-order valence-corrected chi connectivity index (χ1v) is 6.59. The van der Waals surface area contributed by atoms with Crippen molar-refractivity contribution in [3.8, 4) is 17.1 Å². The summed E-state index contributed by atoms with van der Waals surface area (Å²) in [7, 11) is 0. The Balaban J connectivity index is 1.97. The van der Waals surface area contributed by atoms with Crippen LogP contribution in [0.4, 0.5) is 0 Å². The fourth-order valence-corrected chi connectivity index (χ4v) is 2.37. The van der Waals surface area contributed by atoms with E-state index in [-0.39, 0.29) is 0 Å². The van der Waals surface area contributed by atoms with E-state index in [9.17, 15) is 0 Å². The number of hydrogen-bond donors (Lipinski definition) is 0. The van der Waals surface area contributed by atoms with E-state index < -0.39 is 0 Å². The summed E-state index contributed by atoms with van der Waals surface area (Å²) in [6, 6.07) is 15.9. The molecule has 4 rings (SSSR count).